The quantitative estimate of drug-likeness (QED) is 0.694. The SMILES string of the molecule is CC#CCN1CCC(OC[C@H]2CCCO2)CC1. The zero-order chi connectivity index (χ0) is 11.9. The lowest BCUT2D eigenvalue weighted by molar-refractivity contribution is -0.0407. The van der Waals surface area contributed by atoms with Crippen LogP contribution in [0.2, 0.25) is 0 Å². The second-order valence-electron chi connectivity index (χ2n) is 4.87. The summed E-state index contributed by atoms with van der Waals surface area (Å²) in [6, 6.07) is 0. The Kier molecular flexibility index (Phi) is 5.31. The highest BCUT2D eigenvalue weighted by molar-refractivity contribution is 4.98. The monoisotopic (exact) mass is 237 g/mol. The Hall–Kier alpha value is -0.560. The maximum Gasteiger partial charge on any atom is 0.0809 e. The molecule has 1 atom stereocenters. The molecule has 17 heavy (non-hydrogen) atoms. The van der Waals surface area contributed by atoms with Gasteiger partial charge in [0.25, 0.3) is 0 Å². The Morgan fingerprint density at radius 2 is 2.12 bits per heavy atom. The van der Waals surface area contributed by atoms with Crippen LogP contribution >= 0.6 is 0 Å². The molecule has 0 unspecified atom stereocenters. The summed E-state index contributed by atoms with van der Waals surface area (Å²) >= 11 is 0. The molecule has 0 radical (unpaired) electrons. The first-order chi connectivity index (χ1) is 8.38. The summed E-state index contributed by atoms with van der Waals surface area (Å²) in [6.45, 7) is 6.75. The summed E-state index contributed by atoms with van der Waals surface area (Å²) in [7, 11) is 0. The lowest BCUT2D eigenvalue weighted by atomic mass is 10.1. The molecule has 0 bridgehead atoms. The van der Waals surface area contributed by atoms with Crippen LogP contribution in [-0.2, 0) is 9.47 Å². The largest absolute Gasteiger partial charge is 0.376 e. The first-order valence-corrected chi connectivity index (χ1v) is 6.73. The molecule has 0 aliphatic carbocycles. The molecule has 0 N–H and O–H groups in total. The lowest BCUT2D eigenvalue weighted by Crippen LogP contribution is -2.38. The standard InChI is InChI=1S/C14H23NO2/c1-2-3-8-15-9-6-13(7-10-15)17-12-14-5-4-11-16-14/h13-14H,4-12H2,1H3/t14-/m1/s1. The van der Waals surface area contributed by atoms with Crippen LogP contribution in [0.25, 0.3) is 0 Å². The van der Waals surface area contributed by atoms with Crippen molar-refractivity contribution in [3.63, 3.8) is 0 Å². The Balaban J connectivity index is 1.59. The van der Waals surface area contributed by atoms with E-state index in [-0.39, 0.29) is 0 Å². The molecule has 2 saturated heterocycles. The van der Waals surface area contributed by atoms with E-state index in [1.165, 1.54) is 12.8 Å². The van der Waals surface area contributed by atoms with Crippen LogP contribution in [0.1, 0.15) is 32.6 Å². The van der Waals surface area contributed by atoms with Gasteiger partial charge in [-0.15, -0.1) is 5.92 Å². The maximum absolute atomic E-state index is 5.93. The normalized spacial score (nSPS) is 26.8. The van der Waals surface area contributed by atoms with Crippen molar-refractivity contribution in [2.45, 2.75) is 44.8 Å². The first-order valence-electron chi connectivity index (χ1n) is 6.73. The van der Waals surface area contributed by atoms with Gasteiger partial charge in [-0.25, -0.2) is 0 Å². The van der Waals surface area contributed by atoms with Gasteiger partial charge < -0.3 is 9.47 Å². The van der Waals surface area contributed by atoms with Crippen LogP contribution < -0.4 is 0 Å². The average molecular weight is 237 g/mol. The zero-order valence-electron chi connectivity index (χ0n) is 10.8. The number of rotatable bonds is 4. The minimum absolute atomic E-state index is 0.360. The van der Waals surface area contributed by atoms with Crippen LogP contribution in [0.3, 0.4) is 0 Å². The number of ether oxygens (including phenoxy) is 2. The number of hydrogen-bond donors (Lipinski definition) is 0. The van der Waals surface area contributed by atoms with Crippen LogP contribution in [0.4, 0.5) is 0 Å². The number of nitrogens with zero attached hydrogens (tertiary/aromatic N) is 1. The highest BCUT2D eigenvalue weighted by Crippen LogP contribution is 2.17. The molecule has 0 spiro atoms. The molecule has 0 aromatic heterocycles. The van der Waals surface area contributed by atoms with Crippen molar-refractivity contribution in [3.05, 3.63) is 0 Å². The van der Waals surface area contributed by atoms with Gasteiger partial charge in [-0.05, 0) is 32.6 Å². The van der Waals surface area contributed by atoms with Crippen molar-refractivity contribution in [3.8, 4) is 11.8 Å². The molecule has 2 fully saturated rings. The maximum atomic E-state index is 5.93. The van der Waals surface area contributed by atoms with Gasteiger partial charge in [-0.1, -0.05) is 5.92 Å². The van der Waals surface area contributed by atoms with Crippen molar-refractivity contribution in [2.75, 3.05) is 32.8 Å². The van der Waals surface area contributed by atoms with E-state index >= 15 is 0 Å². The van der Waals surface area contributed by atoms with Gasteiger partial charge in [-0.2, -0.15) is 0 Å². The van der Waals surface area contributed by atoms with Gasteiger partial charge in [0.1, 0.15) is 0 Å². The van der Waals surface area contributed by atoms with Gasteiger partial charge in [0.2, 0.25) is 0 Å². The van der Waals surface area contributed by atoms with Crippen LogP contribution in [-0.4, -0.2) is 50.0 Å². The molecule has 3 heteroatoms. The summed E-state index contributed by atoms with van der Waals surface area (Å²) < 4.78 is 11.5. The van der Waals surface area contributed by atoms with Crippen molar-refractivity contribution in [1.82, 2.24) is 4.90 Å². The Morgan fingerprint density at radius 3 is 2.76 bits per heavy atom. The fourth-order valence-electron chi connectivity index (χ4n) is 2.44. The third-order valence-electron chi connectivity index (χ3n) is 3.56. The van der Waals surface area contributed by atoms with E-state index in [1.54, 1.807) is 0 Å². The molecule has 2 aliphatic rings. The van der Waals surface area contributed by atoms with Gasteiger partial charge in [-0.3, -0.25) is 4.90 Å². The zero-order valence-corrected chi connectivity index (χ0v) is 10.8. The van der Waals surface area contributed by atoms with Gasteiger partial charge in [0.15, 0.2) is 0 Å². The third-order valence-corrected chi connectivity index (χ3v) is 3.56. The second kappa shape index (κ2) is 7.00. The third kappa shape index (κ3) is 4.31. The molecule has 0 aromatic carbocycles. The summed E-state index contributed by atoms with van der Waals surface area (Å²) in [5.74, 6) is 6.07. The average Bonchev–Trinajstić information content (AvgIpc) is 2.88. The number of hydrogen-bond acceptors (Lipinski definition) is 3. The van der Waals surface area contributed by atoms with Crippen molar-refractivity contribution < 1.29 is 9.47 Å². The summed E-state index contributed by atoms with van der Waals surface area (Å²) in [5, 5.41) is 0. The molecule has 0 saturated carbocycles. The molecule has 2 rings (SSSR count). The van der Waals surface area contributed by atoms with E-state index in [2.05, 4.69) is 16.7 Å². The van der Waals surface area contributed by atoms with Gasteiger partial charge in [0, 0.05) is 19.7 Å². The highest BCUT2D eigenvalue weighted by atomic mass is 16.5. The smallest absolute Gasteiger partial charge is 0.0809 e. The molecule has 96 valence electrons. The van der Waals surface area contributed by atoms with Crippen LogP contribution in [0.5, 0.6) is 0 Å². The molecule has 3 nitrogen and oxygen atoms in total. The predicted octanol–water partition coefficient (Wildman–Crippen LogP) is 1.67. The van der Waals surface area contributed by atoms with Crippen molar-refractivity contribution >= 4 is 0 Å². The summed E-state index contributed by atoms with van der Waals surface area (Å²) in [6.07, 6.45) is 5.44. The predicted molar refractivity (Wildman–Crippen MR) is 67.8 cm³/mol. The first kappa shape index (κ1) is 12.9. The van der Waals surface area contributed by atoms with E-state index in [9.17, 15) is 0 Å². The van der Waals surface area contributed by atoms with E-state index in [0.717, 1.165) is 45.7 Å². The fourth-order valence-corrected chi connectivity index (χ4v) is 2.44. The number of piperidine rings is 1. The molecular weight excluding hydrogens is 214 g/mol. The van der Waals surface area contributed by atoms with Crippen molar-refractivity contribution in [1.29, 1.82) is 0 Å². The van der Waals surface area contributed by atoms with E-state index in [4.69, 9.17) is 9.47 Å². The van der Waals surface area contributed by atoms with Crippen LogP contribution in [0.15, 0.2) is 0 Å². The van der Waals surface area contributed by atoms with Gasteiger partial charge in [0.05, 0.1) is 25.4 Å². The Labute approximate surface area is 104 Å². The van der Waals surface area contributed by atoms with Crippen LogP contribution in [0, 0.1) is 11.8 Å². The summed E-state index contributed by atoms with van der Waals surface area (Å²) in [5.41, 5.74) is 0. The summed E-state index contributed by atoms with van der Waals surface area (Å²) in [4.78, 5) is 2.41. The molecule has 2 heterocycles. The number of likely N-dealkylation sites (tertiary alicyclic amines) is 1. The lowest BCUT2D eigenvalue weighted by Gasteiger charge is -2.31. The molecule has 0 amide bonds. The van der Waals surface area contributed by atoms with Gasteiger partial charge >= 0.3 is 0 Å². The topological polar surface area (TPSA) is 21.7 Å². The minimum atomic E-state index is 0.360. The van der Waals surface area contributed by atoms with E-state index < -0.39 is 0 Å². The molecule has 0 aromatic rings. The Bertz CT molecular complexity index is 268. The highest BCUT2D eigenvalue weighted by Gasteiger charge is 2.22. The fraction of sp³-hybridized carbons (Fsp3) is 0.857. The second-order valence-corrected chi connectivity index (χ2v) is 4.87. The minimum Gasteiger partial charge on any atom is -0.376 e. The molecule has 2 aliphatic heterocycles. The Morgan fingerprint density at radius 1 is 1.29 bits per heavy atom. The van der Waals surface area contributed by atoms with E-state index in [0.29, 0.717) is 12.2 Å². The van der Waals surface area contributed by atoms with Crippen molar-refractivity contribution in [2.24, 2.45) is 0 Å². The van der Waals surface area contributed by atoms with E-state index in [1.807, 2.05) is 6.92 Å². The molecular formula is C14H23NO2.